The van der Waals surface area contributed by atoms with E-state index in [0.717, 1.165) is 11.4 Å². The van der Waals surface area contributed by atoms with Gasteiger partial charge in [0.05, 0.1) is 0 Å². The van der Waals surface area contributed by atoms with E-state index in [-0.39, 0.29) is 24.6 Å². The van der Waals surface area contributed by atoms with E-state index in [9.17, 15) is 4.79 Å². The molecule has 2 unspecified atom stereocenters. The Hall–Kier alpha value is -1.82. The molecular formula is C14H24N4O2. The van der Waals surface area contributed by atoms with Gasteiger partial charge < -0.3 is 20.6 Å². The highest BCUT2D eigenvalue weighted by molar-refractivity contribution is 5.74. The van der Waals surface area contributed by atoms with Gasteiger partial charge in [0.15, 0.2) is 0 Å². The minimum absolute atomic E-state index is 0.0296. The highest BCUT2D eigenvalue weighted by atomic mass is 16.3. The van der Waals surface area contributed by atoms with E-state index in [1.807, 2.05) is 45.0 Å². The number of aliphatic hydroxyl groups excluding tert-OH is 1. The van der Waals surface area contributed by atoms with E-state index < -0.39 is 0 Å². The second-order valence-electron chi connectivity index (χ2n) is 5.19. The summed E-state index contributed by atoms with van der Waals surface area (Å²) in [4.78, 5) is 17.9. The van der Waals surface area contributed by atoms with Gasteiger partial charge in [0, 0.05) is 39.5 Å². The first-order chi connectivity index (χ1) is 9.43. The van der Waals surface area contributed by atoms with Crippen LogP contribution in [0.3, 0.4) is 0 Å². The zero-order valence-electron chi connectivity index (χ0n) is 12.6. The maximum Gasteiger partial charge on any atom is 0.315 e. The third-order valence-corrected chi connectivity index (χ3v) is 3.22. The summed E-state index contributed by atoms with van der Waals surface area (Å²) in [5.74, 6) is 0.883. The van der Waals surface area contributed by atoms with Crippen molar-refractivity contribution in [2.24, 2.45) is 5.92 Å². The lowest BCUT2D eigenvalue weighted by atomic mass is 10.1. The van der Waals surface area contributed by atoms with Gasteiger partial charge in [0.1, 0.15) is 5.82 Å². The number of nitrogens with one attached hydrogen (secondary N) is 2. The number of aliphatic hydroxyl groups is 1. The van der Waals surface area contributed by atoms with E-state index >= 15 is 0 Å². The van der Waals surface area contributed by atoms with Crippen LogP contribution in [0, 0.1) is 5.92 Å². The van der Waals surface area contributed by atoms with Gasteiger partial charge in [0.25, 0.3) is 0 Å². The standard InChI is InChI=1S/C14H24N4O2/c1-10(9-19)11(2)17-14(20)16-8-12-5-6-15-13(7-12)18(3)4/h5-7,10-11,19H,8-9H2,1-4H3,(H2,16,17,20). The second-order valence-corrected chi connectivity index (χ2v) is 5.19. The number of hydrogen-bond acceptors (Lipinski definition) is 4. The van der Waals surface area contributed by atoms with Crippen molar-refractivity contribution in [3.05, 3.63) is 23.9 Å². The van der Waals surface area contributed by atoms with Gasteiger partial charge in [0.2, 0.25) is 0 Å². The van der Waals surface area contributed by atoms with E-state index in [4.69, 9.17) is 5.11 Å². The molecule has 6 heteroatoms. The molecule has 20 heavy (non-hydrogen) atoms. The number of carbonyl (C=O) groups excluding carboxylic acids is 1. The third-order valence-electron chi connectivity index (χ3n) is 3.22. The van der Waals surface area contributed by atoms with Crippen LogP contribution in [0.4, 0.5) is 10.6 Å². The van der Waals surface area contributed by atoms with Crippen LogP contribution in [-0.2, 0) is 6.54 Å². The van der Waals surface area contributed by atoms with Crippen molar-refractivity contribution in [1.29, 1.82) is 0 Å². The van der Waals surface area contributed by atoms with Gasteiger partial charge >= 0.3 is 6.03 Å². The second kappa shape index (κ2) is 7.69. The molecule has 0 fully saturated rings. The first kappa shape index (κ1) is 16.2. The highest BCUT2D eigenvalue weighted by Crippen LogP contribution is 2.09. The summed E-state index contributed by atoms with van der Waals surface area (Å²) in [6, 6.07) is 3.49. The minimum atomic E-state index is -0.235. The molecule has 2 amide bonds. The number of rotatable bonds is 6. The lowest BCUT2D eigenvalue weighted by Gasteiger charge is -2.19. The fourth-order valence-corrected chi connectivity index (χ4v) is 1.56. The van der Waals surface area contributed by atoms with Gasteiger partial charge in [-0.3, -0.25) is 0 Å². The summed E-state index contributed by atoms with van der Waals surface area (Å²) < 4.78 is 0. The molecule has 0 bridgehead atoms. The number of amides is 2. The Kier molecular flexibility index (Phi) is 6.24. The Morgan fingerprint density at radius 2 is 2.15 bits per heavy atom. The van der Waals surface area contributed by atoms with Gasteiger partial charge in [-0.1, -0.05) is 6.92 Å². The number of nitrogens with zero attached hydrogens (tertiary/aromatic N) is 2. The molecular weight excluding hydrogens is 256 g/mol. The molecule has 0 radical (unpaired) electrons. The normalized spacial score (nSPS) is 13.4. The molecule has 6 nitrogen and oxygen atoms in total. The number of urea groups is 1. The van der Waals surface area contributed by atoms with Crippen LogP contribution in [0.5, 0.6) is 0 Å². The molecule has 0 aliphatic heterocycles. The number of carbonyl (C=O) groups is 1. The smallest absolute Gasteiger partial charge is 0.315 e. The van der Waals surface area contributed by atoms with Crippen LogP contribution in [0.15, 0.2) is 18.3 Å². The number of anilines is 1. The molecule has 2 atom stereocenters. The average Bonchev–Trinajstić information content (AvgIpc) is 2.44. The van der Waals surface area contributed by atoms with Crippen LogP contribution in [0.25, 0.3) is 0 Å². The molecule has 1 aromatic heterocycles. The van der Waals surface area contributed by atoms with Crippen molar-refractivity contribution in [3.63, 3.8) is 0 Å². The monoisotopic (exact) mass is 280 g/mol. The van der Waals surface area contributed by atoms with Crippen molar-refractivity contribution in [2.45, 2.75) is 26.4 Å². The summed E-state index contributed by atoms with van der Waals surface area (Å²) in [5.41, 5.74) is 0.988. The molecule has 1 rings (SSSR count). The average molecular weight is 280 g/mol. The lowest BCUT2D eigenvalue weighted by Crippen LogP contribution is -2.43. The Labute approximate surface area is 120 Å². The Bertz CT molecular complexity index is 437. The molecule has 0 spiro atoms. The fraction of sp³-hybridized carbons (Fsp3) is 0.571. The van der Waals surface area contributed by atoms with Crippen molar-refractivity contribution in [1.82, 2.24) is 15.6 Å². The van der Waals surface area contributed by atoms with Crippen molar-refractivity contribution in [3.8, 4) is 0 Å². The minimum Gasteiger partial charge on any atom is -0.396 e. The van der Waals surface area contributed by atoms with Crippen molar-refractivity contribution >= 4 is 11.8 Å². The quantitative estimate of drug-likeness (QED) is 0.725. The van der Waals surface area contributed by atoms with Gasteiger partial charge in [-0.05, 0) is 30.5 Å². The summed E-state index contributed by atoms with van der Waals surface area (Å²) in [5, 5.41) is 14.6. The predicted molar refractivity (Wildman–Crippen MR) is 79.6 cm³/mol. The lowest BCUT2D eigenvalue weighted by molar-refractivity contribution is 0.200. The van der Waals surface area contributed by atoms with Crippen molar-refractivity contribution in [2.75, 3.05) is 25.6 Å². The van der Waals surface area contributed by atoms with Crippen LogP contribution in [0.2, 0.25) is 0 Å². The number of aromatic nitrogens is 1. The molecule has 1 heterocycles. The number of pyridine rings is 1. The summed E-state index contributed by atoms with van der Waals surface area (Å²) in [6.45, 7) is 4.25. The molecule has 0 saturated carbocycles. The summed E-state index contributed by atoms with van der Waals surface area (Å²) in [6.07, 6.45) is 1.72. The number of hydrogen-bond donors (Lipinski definition) is 3. The first-order valence-electron chi connectivity index (χ1n) is 6.71. The Morgan fingerprint density at radius 3 is 2.75 bits per heavy atom. The van der Waals surface area contributed by atoms with Gasteiger partial charge in [-0.25, -0.2) is 9.78 Å². The maximum atomic E-state index is 11.7. The fourth-order valence-electron chi connectivity index (χ4n) is 1.56. The Morgan fingerprint density at radius 1 is 1.45 bits per heavy atom. The molecule has 3 N–H and O–H groups in total. The van der Waals surface area contributed by atoms with Crippen LogP contribution in [0.1, 0.15) is 19.4 Å². The van der Waals surface area contributed by atoms with Gasteiger partial charge in [-0.2, -0.15) is 0 Å². The predicted octanol–water partition coefficient (Wildman–Crippen LogP) is 0.964. The van der Waals surface area contributed by atoms with Crippen LogP contribution in [-0.4, -0.2) is 42.9 Å². The molecule has 112 valence electrons. The first-order valence-corrected chi connectivity index (χ1v) is 6.71. The highest BCUT2D eigenvalue weighted by Gasteiger charge is 2.13. The molecule has 0 aromatic carbocycles. The topological polar surface area (TPSA) is 77.5 Å². The van der Waals surface area contributed by atoms with Gasteiger partial charge in [-0.15, -0.1) is 0 Å². The van der Waals surface area contributed by atoms with E-state index in [0.29, 0.717) is 6.54 Å². The van der Waals surface area contributed by atoms with E-state index in [2.05, 4.69) is 15.6 Å². The Balaban J connectivity index is 2.47. The zero-order chi connectivity index (χ0) is 15.1. The molecule has 0 aliphatic carbocycles. The summed E-state index contributed by atoms with van der Waals surface area (Å²) in [7, 11) is 3.84. The van der Waals surface area contributed by atoms with E-state index in [1.54, 1.807) is 6.20 Å². The SMILES string of the molecule is CC(CO)C(C)NC(=O)NCc1ccnc(N(C)C)c1. The molecule has 1 aromatic rings. The van der Waals surface area contributed by atoms with Crippen LogP contribution >= 0.6 is 0 Å². The third kappa shape index (κ3) is 5.05. The zero-order valence-corrected chi connectivity index (χ0v) is 12.6. The summed E-state index contributed by atoms with van der Waals surface area (Å²) >= 11 is 0. The molecule has 0 saturated heterocycles. The largest absolute Gasteiger partial charge is 0.396 e. The molecule has 0 aliphatic rings. The van der Waals surface area contributed by atoms with E-state index in [1.165, 1.54) is 0 Å². The van der Waals surface area contributed by atoms with Crippen LogP contribution < -0.4 is 15.5 Å². The maximum absolute atomic E-state index is 11.7. The van der Waals surface area contributed by atoms with Crippen molar-refractivity contribution < 1.29 is 9.90 Å².